The van der Waals surface area contributed by atoms with Gasteiger partial charge in [0.2, 0.25) is 15.9 Å². The Labute approximate surface area is 200 Å². The molecular formula is C26H27ClN2O3S. The van der Waals surface area contributed by atoms with E-state index in [1.807, 2.05) is 49.4 Å². The van der Waals surface area contributed by atoms with Gasteiger partial charge in [0, 0.05) is 11.6 Å². The fraction of sp³-hybridized carbons (Fsp3) is 0.269. The predicted octanol–water partition coefficient (Wildman–Crippen LogP) is 5.03. The molecule has 0 bridgehead atoms. The minimum absolute atomic E-state index is 0.0971. The number of carbonyl (C=O) groups excluding carboxylic acids is 1. The summed E-state index contributed by atoms with van der Waals surface area (Å²) in [5.41, 5.74) is 4.25. The Morgan fingerprint density at radius 2 is 1.73 bits per heavy atom. The van der Waals surface area contributed by atoms with Gasteiger partial charge in [-0.15, -0.1) is 0 Å². The van der Waals surface area contributed by atoms with E-state index in [4.69, 9.17) is 11.6 Å². The van der Waals surface area contributed by atoms with Crippen LogP contribution in [0.2, 0.25) is 5.02 Å². The first-order valence-corrected chi connectivity index (χ1v) is 12.8. The molecule has 0 radical (unpaired) electrons. The molecule has 1 amide bonds. The Bertz CT molecular complexity index is 1230. The van der Waals surface area contributed by atoms with E-state index >= 15 is 0 Å². The molecule has 0 fully saturated rings. The summed E-state index contributed by atoms with van der Waals surface area (Å²) in [4.78, 5) is 13.2. The molecule has 1 aliphatic carbocycles. The third-order valence-electron chi connectivity index (χ3n) is 5.96. The lowest BCUT2D eigenvalue weighted by molar-refractivity contribution is -0.122. The maximum absolute atomic E-state index is 13.4. The fourth-order valence-corrected chi connectivity index (χ4v) is 5.69. The molecule has 5 nitrogen and oxygen atoms in total. The lowest BCUT2D eigenvalue weighted by Crippen LogP contribution is -2.42. The highest BCUT2D eigenvalue weighted by Gasteiger charge is 2.29. The Kier molecular flexibility index (Phi) is 7.17. The van der Waals surface area contributed by atoms with Gasteiger partial charge in [0.25, 0.3) is 0 Å². The first-order valence-electron chi connectivity index (χ1n) is 11.0. The number of sulfonamides is 1. The second-order valence-corrected chi connectivity index (χ2v) is 10.8. The summed E-state index contributed by atoms with van der Waals surface area (Å²) in [6.07, 6.45) is 2.82. The van der Waals surface area contributed by atoms with Crippen molar-refractivity contribution in [2.45, 2.75) is 43.7 Å². The lowest BCUT2D eigenvalue weighted by Gasteiger charge is -2.28. The van der Waals surface area contributed by atoms with Crippen LogP contribution < -0.4 is 5.32 Å². The topological polar surface area (TPSA) is 66.5 Å². The minimum Gasteiger partial charge on any atom is -0.348 e. The smallest absolute Gasteiger partial charge is 0.243 e. The van der Waals surface area contributed by atoms with E-state index in [1.165, 1.54) is 34.1 Å². The molecule has 3 aromatic carbocycles. The van der Waals surface area contributed by atoms with Crippen LogP contribution in [0.3, 0.4) is 0 Å². The third-order valence-corrected chi connectivity index (χ3v) is 8.01. The van der Waals surface area contributed by atoms with Crippen LogP contribution in [0.25, 0.3) is 0 Å². The molecule has 0 spiro atoms. The number of rotatable bonds is 7. The number of aryl methyl sites for hydroxylation is 2. The Morgan fingerprint density at radius 3 is 2.45 bits per heavy atom. The minimum atomic E-state index is -3.91. The summed E-state index contributed by atoms with van der Waals surface area (Å²) < 4.78 is 28.1. The van der Waals surface area contributed by atoms with Crippen molar-refractivity contribution in [2.24, 2.45) is 0 Å². The molecule has 0 aromatic heterocycles. The van der Waals surface area contributed by atoms with Gasteiger partial charge in [-0.25, -0.2) is 8.42 Å². The molecule has 1 N–H and O–H groups in total. The molecule has 7 heteroatoms. The highest BCUT2D eigenvalue weighted by molar-refractivity contribution is 7.89. The van der Waals surface area contributed by atoms with E-state index in [0.717, 1.165) is 36.0 Å². The summed E-state index contributed by atoms with van der Waals surface area (Å²) in [7, 11) is -3.91. The first-order chi connectivity index (χ1) is 15.8. The van der Waals surface area contributed by atoms with Crippen molar-refractivity contribution < 1.29 is 13.2 Å². The van der Waals surface area contributed by atoms with Gasteiger partial charge < -0.3 is 5.32 Å². The number of nitrogens with zero attached hydrogens (tertiary/aromatic N) is 1. The van der Waals surface area contributed by atoms with Crippen LogP contribution in [0, 0.1) is 6.92 Å². The molecule has 3 aromatic rings. The number of hydrogen-bond donors (Lipinski definition) is 1. The van der Waals surface area contributed by atoms with Gasteiger partial charge >= 0.3 is 0 Å². The van der Waals surface area contributed by atoms with Crippen LogP contribution in [0.5, 0.6) is 0 Å². The van der Waals surface area contributed by atoms with Crippen molar-refractivity contribution in [3.63, 3.8) is 0 Å². The average Bonchev–Trinajstić information content (AvgIpc) is 2.80. The molecular weight excluding hydrogens is 456 g/mol. The van der Waals surface area contributed by atoms with E-state index in [2.05, 4.69) is 11.4 Å². The van der Waals surface area contributed by atoms with Crippen molar-refractivity contribution in [2.75, 3.05) is 6.54 Å². The number of nitrogens with one attached hydrogen (secondary N) is 1. The van der Waals surface area contributed by atoms with Gasteiger partial charge in [0.05, 0.1) is 17.5 Å². The zero-order chi connectivity index (χ0) is 23.4. The molecule has 0 saturated carbocycles. The lowest BCUT2D eigenvalue weighted by atomic mass is 9.88. The summed E-state index contributed by atoms with van der Waals surface area (Å²) in [6, 6.07) is 21.6. The Morgan fingerprint density at radius 1 is 1.03 bits per heavy atom. The van der Waals surface area contributed by atoms with Crippen LogP contribution in [0.15, 0.2) is 77.7 Å². The maximum Gasteiger partial charge on any atom is 0.243 e. The second kappa shape index (κ2) is 10.1. The van der Waals surface area contributed by atoms with Crippen molar-refractivity contribution in [1.82, 2.24) is 9.62 Å². The number of carbonyl (C=O) groups is 1. The van der Waals surface area contributed by atoms with E-state index < -0.39 is 10.0 Å². The largest absolute Gasteiger partial charge is 0.348 e. The van der Waals surface area contributed by atoms with Crippen LogP contribution >= 0.6 is 11.6 Å². The maximum atomic E-state index is 13.4. The van der Waals surface area contributed by atoms with E-state index in [-0.39, 0.29) is 29.9 Å². The molecule has 0 saturated heterocycles. The van der Waals surface area contributed by atoms with Gasteiger partial charge in [-0.3, -0.25) is 4.79 Å². The molecule has 4 rings (SSSR count). The van der Waals surface area contributed by atoms with Crippen molar-refractivity contribution in [1.29, 1.82) is 0 Å². The van der Waals surface area contributed by atoms with Crippen molar-refractivity contribution in [3.05, 3.63) is 100 Å². The molecule has 172 valence electrons. The number of benzene rings is 3. The van der Waals surface area contributed by atoms with E-state index in [0.29, 0.717) is 5.02 Å². The average molecular weight is 483 g/mol. The Balaban J connectivity index is 1.57. The predicted molar refractivity (Wildman–Crippen MR) is 130 cm³/mol. The monoisotopic (exact) mass is 482 g/mol. The fourth-order valence-electron chi connectivity index (χ4n) is 4.18. The van der Waals surface area contributed by atoms with Crippen LogP contribution in [-0.4, -0.2) is 25.2 Å². The second-order valence-electron chi connectivity index (χ2n) is 8.42. The van der Waals surface area contributed by atoms with Gasteiger partial charge in [0.1, 0.15) is 0 Å². The number of fused-ring (bicyclic) bond motifs is 1. The third kappa shape index (κ3) is 5.64. The molecule has 0 heterocycles. The molecule has 0 aliphatic heterocycles. The van der Waals surface area contributed by atoms with E-state index in [1.54, 1.807) is 0 Å². The summed E-state index contributed by atoms with van der Waals surface area (Å²) >= 11 is 5.95. The molecule has 1 unspecified atom stereocenters. The summed E-state index contributed by atoms with van der Waals surface area (Å²) in [5.74, 6) is -0.318. The number of amides is 1. The van der Waals surface area contributed by atoms with E-state index in [9.17, 15) is 13.2 Å². The normalized spacial score (nSPS) is 15.8. The first kappa shape index (κ1) is 23.5. The van der Waals surface area contributed by atoms with Gasteiger partial charge in [0.15, 0.2) is 0 Å². The molecule has 33 heavy (non-hydrogen) atoms. The summed E-state index contributed by atoms with van der Waals surface area (Å²) in [5, 5.41) is 3.52. The number of halogens is 1. The van der Waals surface area contributed by atoms with Gasteiger partial charge in [-0.1, -0.05) is 65.7 Å². The van der Waals surface area contributed by atoms with Crippen molar-refractivity contribution in [3.8, 4) is 0 Å². The molecule has 1 atom stereocenters. The standard InChI is InChI=1S/C26H27ClN2O3S/c1-19-9-11-20(12-10-19)17-29(33(31,32)23-15-13-22(27)14-16-23)18-26(30)28-25-8-4-6-21-5-2-3-7-24(21)25/h2-3,5,7,9-16,25H,4,6,8,17-18H2,1H3,(H,28,30). The van der Waals surface area contributed by atoms with Crippen LogP contribution in [-0.2, 0) is 27.8 Å². The molecule has 1 aliphatic rings. The Hall–Kier alpha value is -2.67. The summed E-state index contributed by atoms with van der Waals surface area (Å²) in [6.45, 7) is 1.80. The van der Waals surface area contributed by atoms with Crippen LogP contribution in [0.1, 0.15) is 41.1 Å². The zero-order valence-electron chi connectivity index (χ0n) is 18.5. The van der Waals surface area contributed by atoms with Crippen LogP contribution in [0.4, 0.5) is 0 Å². The highest BCUT2D eigenvalue weighted by Crippen LogP contribution is 2.29. The van der Waals surface area contributed by atoms with Crippen molar-refractivity contribution >= 4 is 27.5 Å². The number of hydrogen-bond acceptors (Lipinski definition) is 3. The highest BCUT2D eigenvalue weighted by atomic mass is 35.5. The van der Waals surface area contributed by atoms with Gasteiger partial charge in [-0.2, -0.15) is 4.31 Å². The van der Waals surface area contributed by atoms with Gasteiger partial charge in [-0.05, 0) is 67.1 Å². The quantitative estimate of drug-likeness (QED) is 0.513. The zero-order valence-corrected chi connectivity index (χ0v) is 20.1. The SMILES string of the molecule is Cc1ccc(CN(CC(=O)NC2CCCc3ccccc32)S(=O)(=O)c2ccc(Cl)cc2)cc1.